The van der Waals surface area contributed by atoms with Crippen LogP contribution in [0.4, 0.5) is 10.5 Å². The molecule has 0 atom stereocenters. The van der Waals surface area contributed by atoms with E-state index in [2.05, 4.69) is 10.6 Å². The Balaban J connectivity index is 1.77. The van der Waals surface area contributed by atoms with Crippen LogP contribution in [-0.4, -0.2) is 35.5 Å². The molecule has 2 rings (SSSR count). The molecule has 1 saturated carbocycles. The standard InChI is InChI=1S/C16H19N3O6/c20-14(18-16(22)17-12-6-2-1-3-7-12)10-25-15(21)11-5-4-8-13(9-11)19(23)24/h4-5,8-9,12H,1-3,6-7,10H2,(H2,17,18,20,22). The number of nitrogens with one attached hydrogen (secondary N) is 2. The van der Waals surface area contributed by atoms with Crippen molar-refractivity contribution in [1.82, 2.24) is 10.6 Å². The molecule has 9 heteroatoms. The smallest absolute Gasteiger partial charge is 0.338 e. The number of hydrogen-bond donors (Lipinski definition) is 2. The minimum absolute atomic E-state index is 0.0475. The quantitative estimate of drug-likeness (QED) is 0.475. The van der Waals surface area contributed by atoms with Gasteiger partial charge in [-0.3, -0.25) is 20.2 Å². The van der Waals surface area contributed by atoms with Crippen LogP contribution >= 0.6 is 0 Å². The summed E-state index contributed by atoms with van der Waals surface area (Å²) in [5.41, 5.74) is -0.306. The SMILES string of the molecule is O=C(COC(=O)c1cccc([N+](=O)[O-])c1)NC(=O)NC1CCCCC1. The van der Waals surface area contributed by atoms with Crippen molar-refractivity contribution in [3.8, 4) is 0 Å². The van der Waals surface area contributed by atoms with E-state index in [4.69, 9.17) is 4.74 Å². The van der Waals surface area contributed by atoms with E-state index in [-0.39, 0.29) is 17.3 Å². The van der Waals surface area contributed by atoms with Crippen LogP contribution < -0.4 is 10.6 Å². The van der Waals surface area contributed by atoms with Crippen LogP contribution in [0.15, 0.2) is 24.3 Å². The monoisotopic (exact) mass is 349 g/mol. The van der Waals surface area contributed by atoms with E-state index in [0.29, 0.717) is 0 Å². The van der Waals surface area contributed by atoms with Gasteiger partial charge in [-0.2, -0.15) is 0 Å². The normalized spacial score (nSPS) is 14.4. The third-order valence-corrected chi connectivity index (χ3v) is 3.82. The molecule has 0 saturated heterocycles. The summed E-state index contributed by atoms with van der Waals surface area (Å²) in [5, 5.41) is 15.5. The average Bonchev–Trinajstić information content (AvgIpc) is 2.60. The molecule has 3 amide bonds. The second-order valence-corrected chi connectivity index (χ2v) is 5.74. The van der Waals surface area contributed by atoms with Crippen LogP contribution in [0.3, 0.4) is 0 Å². The number of carbonyl (C=O) groups excluding carboxylic acids is 3. The van der Waals surface area contributed by atoms with Crippen molar-refractivity contribution >= 4 is 23.6 Å². The number of urea groups is 1. The fraction of sp³-hybridized carbons (Fsp3) is 0.438. The van der Waals surface area contributed by atoms with Gasteiger partial charge in [-0.1, -0.05) is 25.3 Å². The Kier molecular flexibility index (Phi) is 6.44. The zero-order valence-electron chi connectivity index (χ0n) is 13.5. The van der Waals surface area contributed by atoms with Gasteiger partial charge in [0.1, 0.15) is 0 Å². The number of amides is 3. The van der Waals surface area contributed by atoms with Gasteiger partial charge in [0, 0.05) is 18.2 Å². The van der Waals surface area contributed by atoms with E-state index in [0.717, 1.165) is 38.2 Å². The number of nitro groups is 1. The first-order valence-electron chi connectivity index (χ1n) is 7.97. The molecule has 1 aromatic rings. The largest absolute Gasteiger partial charge is 0.452 e. The van der Waals surface area contributed by atoms with Gasteiger partial charge in [-0.25, -0.2) is 9.59 Å². The van der Waals surface area contributed by atoms with E-state index in [1.54, 1.807) is 0 Å². The summed E-state index contributed by atoms with van der Waals surface area (Å²) in [6.07, 6.45) is 4.98. The van der Waals surface area contributed by atoms with Crippen molar-refractivity contribution in [2.24, 2.45) is 0 Å². The highest BCUT2D eigenvalue weighted by Gasteiger charge is 2.18. The molecule has 0 unspecified atom stereocenters. The first-order chi connectivity index (χ1) is 12.0. The maximum atomic E-state index is 11.8. The predicted molar refractivity (Wildman–Crippen MR) is 86.9 cm³/mol. The highest BCUT2D eigenvalue weighted by Crippen LogP contribution is 2.17. The fourth-order valence-electron chi connectivity index (χ4n) is 2.59. The lowest BCUT2D eigenvalue weighted by Crippen LogP contribution is -2.46. The molecule has 1 fully saturated rings. The third-order valence-electron chi connectivity index (χ3n) is 3.82. The Labute approximate surface area is 143 Å². The van der Waals surface area contributed by atoms with Crippen LogP contribution in [0.5, 0.6) is 0 Å². The van der Waals surface area contributed by atoms with E-state index in [1.165, 1.54) is 18.2 Å². The third kappa shape index (κ3) is 5.87. The maximum absolute atomic E-state index is 11.8. The number of hydrogen-bond acceptors (Lipinski definition) is 6. The molecular formula is C16H19N3O6. The molecular weight excluding hydrogens is 330 g/mol. The average molecular weight is 349 g/mol. The lowest BCUT2D eigenvalue weighted by molar-refractivity contribution is -0.384. The van der Waals surface area contributed by atoms with E-state index in [1.807, 2.05) is 0 Å². The zero-order chi connectivity index (χ0) is 18.2. The molecule has 2 N–H and O–H groups in total. The number of rotatable bonds is 5. The van der Waals surface area contributed by atoms with Crippen molar-refractivity contribution in [2.45, 2.75) is 38.1 Å². The van der Waals surface area contributed by atoms with Gasteiger partial charge in [0.15, 0.2) is 6.61 Å². The summed E-state index contributed by atoms with van der Waals surface area (Å²) in [7, 11) is 0. The van der Waals surface area contributed by atoms with E-state index < -0.39 is 29.4 Å². The Morgan fingerprint density at radius 3 is 2.60 bits per heavy atom. The minimum Gasteiger partial charge on any atom is -0.452 e. The van der Waals surface area contributed by atoms with Gasteiger partial charge >= 0.3 is 12.0 Å². The molecule has 1 aromatic carbocycles. The molecule has 0 bridgehead atoms. The molecule has 1 aliphatic rings. The minimum atomic E-state index is -0.883. The van der Waals surface area contributed by atoms with Gasteiger partial charge in [0.25, 0.3) is 11.6 Å². The van der Waals surface area contributed by atoms with E-state index >= 15 is 0 Å². The second kappa shape index (κ2) is 8.76. The molecule has 0 aliphatic heterocycles. The van der Waals surface area contributed by atoms with Gasteiger partial charge in [-0.05, 0) is 18.9 Å². The van der Waals surface area contributed by atoms with Gasteiger partial charge < -0.3 is 10.1 Å². The predicted octanol–water partition coefficient (Wildman–Crippen LogP) is 1.91. The number of nitrogens with zero attached hydrogens (tertiary/aromatic N) is 1. The Bertz CT molecular complexity index is 670. The molecule has 134 valence electrons. The van der Waals surface area contributed by atoms with Crippen LogP contribution in [0, 0.1) is 10.1 Å². The van der Waals surface area contributed by atoms with Crippen molar-refractivity contribution in [2.75, 3.05) is 6.61 Å². The fourth-order valence-corrected chi connectivity index (χ4v) is 2.59. The number of nitro benzene ring substituents is 1. The highest BCUT2D eigenvalue weighted by atomic mass is 16.6. The second-order valence-electron chi connectivity index (χ2n) is 5.74. The topological polar surface area (TPSA) is 128 Å². The number of esters is 1. The lowest BCUT2D eigenvalue weighted by Gasteiger charge is -2.22. The Morgan fingerprint density at radius 2 is 1.92 bits per heavy atom. The summed E-state index contributed by atoms with van der Waals surface area (Å²) < 4.78 is 4.76. The van der Waals surface area contributed by atoms with Gasteiger partial charge in [-0.15, -0.1) is 0 Å². The van der Waals surface area contributed by atoms with E-state index in [9.17, 15) is 24.5 Å². The van der Waals surface area contributed by atoms with Crippen molar-refractivity contribution in [3.63, 3.8) is 0 Å². The van der Waals surface area contributed by atoms with Gasteiger partial charge in [0.2, 0.25) is 0 Å². The lowest BCUT2D eigenvalue weighted by atomic mass is 9.96. The van der Waals surface area contributed by atoms with Crippen molar-refractivity contribution in [3.05, 3.63) is 39.9 Å². The summed E-state index contributed by atoms with van der Waals surface area (Å²) in [6.45, 7) is -0.653. The molecule has 0 spiro atoms. The Morgan fingerprint density at radius 1 is 1.20 bits per heavy atom. The van der Waals surface area contributed by atoms with Crippen LogP contribution in [0.1, 0.15) is 42.5 Å². The summed E-state index contributed by atoms with van der Waals surface area (Å²) >= 11 is 0. The number of ether oxygens (including phenoxy) is 1. The molecule has 0 radical (unpaired) electrons. The Hall–Kier alpha value is -2.97. The first-order valence-corrected chi connectivity index (χ1v) is 7.97. The summed E-state index contributed by atoms with van der Waals surface area (Å²) in [4.78, 5) is 45.2. The number of benzene rings is 1. The number of carbonyl (C=O) groups is 3. The molecule has 1 aliphatic carbocycles. The van der Waals surface area contributed by atoms with Crippen molar-refractivity contribution < 1.29 is 24.0 Å². The van der Waals surface area contributed by atoms with Gasteiger partial charge in [0.05, 0.1) is 10.5 Å². The molecule has 0 aromatic heterocycles. The maximum Gasteiger partial charge on any atom is 0.338 e. The first kappa shape index (κ1) is 18.4. The summed E-state index contributed by atoms with van der Waals surface area (Å²) in [5.74, 6) is -1.65. The highest BCUT2D eigenvalue weighted by molar-refractivity contribution is 5.97. The van der Waals surface area contributed by atoms with Crippen LogP contribution in [0.2, 0.25) is 0 Å². The zero-order valence-corrected chi connectivity index (χ0v) is 13.5. The van der Waals surface area contributed by atoms with Crippen LogP contribution in [0.25, 0.3) is 0 Å². The summed E-state index contributed by atoms with van der Waals surface area (Å²) in [6, 6.07) is 4.39. The number of imide groups is 1. The van der Waals surface area contributed by atoms with Crippen molar-refractivity contribution in [1.29, 1.82) is 0 Å². The number of non-ortho nitro benzene ring substituents is 1. The molecule has 9 nitrogen and oxygen atoms in total. The molecule has 0 heterocycles. The molecule has 25 heavy (non-hydrogen) atoms. The van der Waals surface area contributed by atoms with Crippen LogP contribution in [-0.2, 0) is 9.53 Å².